The summed E-state index contributed by atoms with van der Waals surface area (Å²) in [6.45, 7) is 13.1. The molecule has 1 atom stereocenters. The van der Waals surface area contributed by atoms with Gasteiger partial charge in [0.15, 0.2) is 5.82 Å². The third-order valence-corrected chi connectivity index (χ3v) is 6.30. The molecule has 0 aliphatic carbocycles. The van der Waals surface area contributed by atoms with Crippen LogP contribution in [0.15, 0.2) is 42.6 Å². The maximum Gasteiger partial charge on any atom is 0.171 e. The van der Waals surface area contributed by atoms with Crippen LogP contribution >= 0.6 is 0 Å². The number of hydrogen-bond acceptors (Lipinski definition) is 6. The monoisotopic (exact) mass is 463 g/mol. The molecular weight excluding hydrogens is 429 g/mol. The molecule has 2 heterocycles. The number of halogens is 1. The lowest BCUT2D eigenvalue weighted by Gasteiger charge is -2.43. The molecule has 1 aliphatic heterocycles. The van der Waals surface area contributed by atoms with Crippen molar-refractivity contribution >= 4 is 23.4 Å². The van der Waals surface area contributed by atoms with Crippen LogP contribution in [-0.2, 0) is 6.54 Å². The molecule has 4 rings (SSSR count). The molecule has 0 bridgehead atoms. The van der Waals surface area contributed by atoms with Crippen LogP contribution in [0.25, 0.3) is 0 Å². The van der Waals surface area contributed by atoms with Crippen LogP contribution in [0.4, 0.5) is 21.6 Å². The van der Waals surface area contributed by atoms with Crippen LogP contribution in [0, 0.1) is 24.1 Å². The molecule has 3 aromatic rings. The highest BCUT2D eigenvalue weighted by molar-refractivity contribution is 5.88. The minimum atomic E-state index is -0.268. The number of nitrogens with zero attached hydrogens (tertiary/aromatic N) is 5. The minimum absolute atomic E-state index is 0.182. The Kier molecular flexibility index (Phi) is 7.26. The third-order valence-electron chi connectivity index (χ3n) is 6.30. The van der Waals surface area contributed by atoms with E-state index in [1.54, 1.807) is 16.9 Å². The number of aromatic nitrogens is 3. The van der Waals surface area contributed by atoms with Gasteiger partial charge in [-0.2, -0.15) is 9.90 Å². The van der Waals surface area contributed by atoms with E-state index < -0.39 is 0 Å². The topological polar surface area (TPSA) is 73.1 Å². The summed E-state index contributed by atoms with van der Waals surface area (Å²) in [5.74, 6) is 1.20. The van der Waals surface area contributed by atoms with Gasteiger partial charge in [0.2, 0.25) is 0 Å². The molecule has 34 heavy (non-hydrogen) atoms. The Morgan fingerprint density at radius 2 is 1.97 bits per heavy atom. The van der Waals surface area contributed by atoms with Gasteiger partial charge in [0.05, 0.1) is 18.8 Å². The molecule has 1 fully saturated rings. The summed E-state index contributed by atoms with van der Waals surface area (Å²) >= 11 is 0. The van der Waals surface area contributed by atoms with Gasteiger partial charge in [-0.05, 0) is 67.3 Å². The fourth-order valence-electron chi connectivity index (χ4n) is 4.61. The quantitative estimate of drug-likeness (QED) is 0.460. The van der Waals surface area contributed by atoms with Gasteiger partial charge in [0.25, 0.3) is 0 Å². The van der Waals surface area contributed by atoms with E-state index in [-0.39, 0.29) is 11.9 Å². The fraction of sp³-hybridized carbons (Fsp3) is 0.423. The highest BCUT2D eigenvalue weighted by Crippen LogP contribution is 2.33. The highest BCUT2D eigenvalue weighted by Gasteiger charge is 2.31. The molecule has 8 heteroatoms. The minimum Gasteiger partial charge on any atom is -0.355 e. The Balaban J connectivity index is 1.66. The van der Waals surface area contributed by atoms with Crippen molar-refractivity contribution in [1.82, 2.24) is 19.9 Å². The average molecular weight is 464 g/mol. The van der Waals surface area contributed by atoms with Crippen molar-refractivity contribution in [2.45, 2.75) is 40.3 Å². The molecule has 2 aromatic carbocycles. The summed E-state index contributed by atoms with van der Waals surface area (Å²) in [5, 5.41) is 20.4. The Labute approximate surface area is 201 Å². The molecule has 0 saturated carbocycles. The second-order valence-electron chi connectivity index (χ2n) is 9.31. The van der Waals surface area contributed by atoms with Crippen LogP contribution in [0.5, 0.6) is 0 Å². The Hall–Kier alpha value is -3.26. The lowest BCUT2D eigenvalue weighted by Crippen LogP contribution is -2.49. The van der Waals surface area contributed by atoms with Gasteiger partial charge in [-0.25, -0.2) is 4.39 Å². The predicted molar refractivity (Wildman–Crippen MR) is 136 cm³/mol. The number of hydrogen-bond donors (Lipinski definition) is 2. The van der Waals surface area contributed by atoms with E-state index in [1.165, 1.54) is 23.9 Å². The number of anilines is 3. The number of benzene rings is 2. The Bertz CT molecular complexity index is 1120. The summed E-state index contributed by atoms with van der Waals surface area (Å²) in [6, 6.07) is 10.7. The number of nitrogens with one attached hydrogen (secondary N) is 2. The van der Waals surface area contributed by atoms with Crippen molar-refractivity contribution in [2.75, 3.05) is 36.4 Å². The molecular formula is C26H34FN7. The van der Waals surface area contributed by atoms with E-state index in [9.17, 15) is 4.39 Å². The molecule has 1 aliphatic rings. The lowest BCUT2D eigenvalue weighted by atomic mass is 9.93. The van der Waals surface area contributed by atoms with Gasteiger partial charge in [-0.15, -0.1) is 5.10 Å². The van der Waals surface area contributed by atoms with E-state index in [1.807, 2.05) is 13.1 Å². The first-order valence-electron chi connectivity index (χ1n) is 11.9. The average Bonchev–Trinajstić information content (AvgIpc) is 3.30. The summed E-state index contributed by atoms with van der Waals surface area (Å²) in [6.07, 6.45) is 3.24. The summed E-state index contributed by atoms with van der Waals surface area (Å²) in [4.78, 5) is 6.59. The number of aryl methyl sites for hydroxylation is 2. The molecule has 2 N–H and O–H groups in total. The van der Waals surface area contributed by atoms with Gasteiger partial charge in [-0.1, -0.05) is 13.8 Å². The fourth-order valence-corrected chi connectivity index (χ4v) is 4.61. The smallest absolute Gasteiger partial charge is 0.171 e. The van der Waals surface area contributed by atoms with Gasteiger partial charge in [0, 0.05) is 49.3 Å². The molecule has 0 radical (unpaired) electrons. The van der Waals surface area contributed by atoms with E-state index in [2.05, 4.69) is 58.2 Å². The molecule has 0 amide bonds. The van der Waals surface area contributed by atoms with Crippen molar-refractivity contribution in [2.24, 2.45) is 5.92 Å². The third kappa shape index (κ3) is 5.28. The van der Waals surface area contributed by atoms with Crippen molar-refractivity contribution in [3.63, 3.8) is 0 Å². The SMILES string of the molecule is CCn1ncc(N2CCN(CC(C)C)C(c3cc(C=N)c(Nc4ccc(F)cc4)cc3C)C2)n1. The molecule has 180 valence electrons. The number of rotatable bonds is 8. The highest BCUT2D eigenvalue weighted by atomic mass is 19.1. The second kappa shape index (κ2) is 10.3. The van der Waals surface area contributed by atoms with E-state index in [4.69, 9.17) is 5.41 Å². The van der Waals surface area contributed by atoms with E-state index >= 15 is 0 Å². The van der Waals surface area contributed by atoms with Crippen molar-refractivity contribution < 1.29 is 4.39 Å². The van der Waals surface area contributed by atoms with Crippen LogP contribution in [0.3, 0.4) is 0 Å². The van der Waals surface area contributed by atoms with Crippen molar-refractivity contribution in [1.29, 1.82) is 5.41 Å². The van der Waals surface area contributed by atoms with Gasteiger partial charge >= 0.3 is 0 Å². The Morgan fingerprint density at radius 1 is 1.21 bits per heavy atom. The van der Waals surface area contributed by atoms with Gasteiger partial charge in [-0.3, -0.25) is 4.90 Å². The molecule has 0 spiro atoms. The van der Waals surface area contributed by atoms with Crippen LogP contribution in [-0.4, -0.2) is 52.3 Å². The number of piperazine rings is 1. The second-order valence-corrected chi connectivity index (χ2v) is 9.31. The first-order valence-corrected chi connectivity index (χ1v) is 11.9. The lowest BCUT2D eigenvalue weighted by molar-refractivity contribution is 0.157. The standard InChI is InChI=1S/C26H34FN7/c1-5-34-29-15-26(31-34)33-11-10-32(16-18(2)3)25(17-33)23-13-20(14-28)24(12-19(23)4)30-22-8-6-21(27)7-9-22/h6-9,12-15,18,25,28,30H,5,10-11,16-17H2,1-4H3. The molecule has 1 saturated heterocycles. The molecule has 1 unspecified atom stereocenters. The molecule has 1 aromatic heterocycles. The Morgan fingerprint density at radius 3 is 2.62 bits per heavy atom. The summed E-state index contributed by atoms with van der Waals surface area (Å²) in [5.41, 5.74) is 4.82. The van der Waals surface area contributed by atoms with E-state index in [0.717, 1.165) is 61.0 Å². The molecule has 7 nitrogen and oxygen atoms in total. The zero-order valence-corrected chi connectivity index (χ0v) is 20.4. The summed E-state index contributed by atoms with van der Waals surface area (Å²) in [7, 11) is 0. The first-order chi connectivity index (χ1) is 16.4. The van der Waals surface area contributed by atoms with Crippen LogP contribution < -0.4 is 10.2 Å². The van der Waals surface area contributed by atoms with Gasteiger partial charge < -0.3 is 15.6 Å². The van der Waals surface area contributed by atoms with E-state index in [0.29, 0.717) is 5.92 Å². The zero-order valence-electron chi connectivity index (χ0n) is 20.4. The first kappa shape index (κ1) is 23.9. The summed E-state index contributed by atoms with van der Waals surface area (Å²) < 4.78 is 13.3. The van der Waals surface area contributed by atoms with Crippen molar-refractivity contribution in [3.05, 3.63) is 65.1 Å². The maximum atomic E-state index is 13.3. The predicted octanol–water partition coefficient (Wildman–Crippen LogP) is 5.01. The van der Waals surface area contributed by atoms with Crippen LogP contribution in [0.1, 0.15) is 43.5 Å². The largest absolute Gasteiger partial charge is 0.355 e. The van der Waals surface area contributed by atoms with Gasteiger partial charge in [0.1, 0.15) is 5.82 Å². The zero-order chi connectivity index (χ0) is 24.2. The maximum absolute atomic E-state index is 13.3. The van der Waals surface area contributed by atoms with Crippen molar-refractivity contribution in [3.8, 4) is 0 Å². The normalized spacial score (nSPS) is 16.8. The van der Waals surface area contributed by atoms with Crippen LogP contribution in [0.2, 0.25) is 0 Å².